The SMILES string of the molecule is Cc1ccc(-c2cccc(C(=O)N3C[C@@H]4COC[C@H](C3)N(C)C4)c2)o1.O=CO. The molecule has 1 amide bonds. The molecule has 28 heavy (non-hydrogen) atoms. The van der Waals surface area contributed by atoms with Crippen molar-refractivity contribution in [2.24, 2.45) is 5.92 Å². The van der Waals surface area contributed by atoms with E-state index >= 15 is 0 Å². The van der Waals surface area contributed by atoms with Crippen LogP contribution in [0.25, 0.3) is 11.3 Å². The number of hydrogen-bond acceptors (Lipinski definition) is 5. The van der Waals surface area contributed by atoms with E-state index in [1.54, 1.807) is 0 Å². The Hall–Kier alpha value is -2.64. The van der Waals surface area contributed by atoms with Crippen molar-refractivity contribution in [1.29, 1.82) is 0 Å². The van der Waals surface area contributed by atoms with Crippen LogP contribution in [0, 0.1) is 12.8 Å². The number of carbonyl (C=O) groups is 2. The number of fused-ring (bicyclic) bond motifs is 3. The maximum atomic E-state index is 13.1. The van der Waals surface area contributed by atoms with Gasteiger partial charge in [0.05, 0.1) is 19.3 Å². The minimum Gasteiger partial charge on any atom is -0.483 e. The Morgan fingerprint density at radius 3 is 2.68 bits per heavy atom. The molecule has 0 aliphatic carbocycles. The monoisotopic (exact) mass is 386 g/mol. The highest BCUT2D eigenvalue weighted by molar-refractivity contribution is 5.95. The van der Waals surface area contributed by atoms with Crippen molar-refractivity contribution < 1.29 is 23.8 Å². The van der Waals surface area contributed by atoms with Gasteiger partial charge in [-0.15, -0.1) is 0 Å². The molecule has 2 aliphatic rings. The maximum Gasteiger partial charge on any atom is 0.290 e. The van der Waals surface area contributed by atoms with Gasteiger partial charge in [0, 0.05) is 36.7 Å². The van der Waals surface area contributed by atoms with Gasteiger partial charge in [-0.25, -0.2) is 0 Å². The third kappa shape index (κ3) is 4.61. The van der Waals surface area contributed by atoms with Crippen molar-refractivity contribution >= 4 is 12.4 Å². The van der Waals surface area contributed by atoms with E-state index in [-0.39, 0.29) is 18.4 Å². The highest BCUT2D eigenvalue weighted by atomic mass is 16.5. The highest BCUT2D eigenvalue weighted by Crippen LogP contribution is 2.25. The zero-order chi connectivity index (χ0) is 20.1. The maximum absolute atomic E-state index is 13.1. The van der Waals surface area contributed by atoms with Gasteiger partial charge in [-0.3, -0.25) is 14.5 Å². The number of carbonyl (C=O) groups excluding carboxylic acids is 1. The summed E-state index contributed by atoms with van der Waals surface area (Å²) in [6.45, 7) is 5.56. The molecule has 0 saturated carbocycles. The van der Waals surface area contributed by atoms with Gasteiger partial charge in [0.15, 0.2) is 0 Å². The summed E-state index contributed by atoms with van der Waals surface area (Å²) in [6.07, 6.45) is 0. The Morgan fingerprint density at radius 2 is 1.96 bits per heavy atom. The summed E-state index contributed by atoms with van der Waals surface area (Å²) in [4.78, 5) is 25.8. The first-order chi connectivity index (χ1) is 13.5. The Bertz CT molecular complexity index is 819. The average molecular weight is 386 g/mol. The third-order valence-electron chi connectivity index (χ3n) is 5.16. The van der Waals surface area contributed by atoms with Gasteiger partial charge in [0.1, 0.15) is 11.5 Å². The number of furan rings is 1. The molecule has 0 spiro atoms. The topological polar surface area (TPSA) is 83.2 Å². The van der Waals surface area contributed by atoms with E-state index in [0.717, 1.165) is 48.9 Å². The lowest BCUT2D eigenvalue weighted by Gasteiger charge is -2.30. The molecule has 0 radical (unpaired) electrons. The molecule has 7 heteroatoms. The van der Waals surface area contributed by atoms with E-state index in [1.165, 1.54) is 0 Å². The van der Waals surface area contributed by atoms with Crippen LogP contribution in [0.5, 0.6) is 0 Å². The largest absolute Gasteiger partial charge is 0.483 e. The van der Waals surface area contributed by atoms with Gasteiger partial charge >= 0.3 is 0 Å². The van der Waals surface area contributed by atoms with Gasteiger partial charge in [0.25, 0.3) is 12.4 Å². The molecule has 1 N–H and O–H groups in total. The summed E-state index contributed by atoms with van der Waals surface area (Å²) < 4.78 is 11.4. The van der Waals surface area contributed by atoms with Crippen LogP contribution in [0.2, 0.25) is 0 Å². The van der Waals surface area contributed by atoms with Gasteiger partial charge in [-0.2, -0.15) is 0 Å². The normalized spacial score (nSPS) is 22.0. The van der Waals surface area contributed by atoms with Crippen molar-refractivity contribution in [2.75, 3.05) is 39.9 Å². The number of benzene rings is 1. The number of ether oxygens (including phenoxy) is 1. The molecular formula is C21H26N2O5. The lowest BCUT2D eigenvalue weighted by Crippen LogP contribution is -2.44. The minimum atomic E-state index is -0.250. The van der Waals surface area contributed by atoms with Crippen molar-refractivity contribution in [1.82, 2.24) is 9.80 Å². The molecule has 2 fully saturated rings. The number of aryl methyl sites for hydroxylation is 1. The molecule has 2 bridgehead atoms. The Morgan fingerprint density at radius 1 is 1.18 bits per heavy atom. The second-order valence-corrected chi connectivity index (χ2v) is 7.30. The van der Waals surface area contributed by atoms with Gasteiger partial charge in [0.2, 0.25) is 0 Å². The summed E-state index contributed by atoms with van der Waals surface area (Å²) in [7, 11) is 2.13. The fraction of sp³-hybridized carbons (Fsp3) is 0.429. The van der Waals surface area contributed by atoms with Gasteiger partial charge in [-0.05, 0) is 38.2 Å². The van der Waals surface area contributed by atoms with Crippen LogP contribution in [-0.4, -0.2) is 73.2 Å². The first kappa shape index (κ1) is 20.1. The second kappa shape index (κ2) is 9.03. The Kier molecular flexibility index (Phi) is 6.49. The molecule has 2 aliphatic heterocycles. The summed E-state index contributed by atoms with van der Waals surface area (Å²) in [5, 5.41) is 6.89. The number of carboxylic acid groups (broad SMARTS) is 1. The number of amides is 1. The fourth-order valence-electron chi connectivity index (χ4n) is 3.79. The van der Waals surface area contributed by atoms with Crippen LogP contribution < -0.4 is 0 Å². The van der Waals surface area contributed by atoms with Crippen LogP contribution >= 0.6 is 0 Å². The molecule has 2 saturated heterocycles. The number of nitrogens with zero attached hydrogens (tertiary/aromatic N) is 2. The van der Waals surface area contributed by atoms with E-state index in [1.807, 2.05) is 48.2 Å². The lowest BCUT2D eigenvalue weighted by molar-refractivity contribution is -0.122. The smallest absolute Gasteiger partial charge is 0.290 e. The highest BCUT2D eigenvalue weighted by Gasteiger charge is 2.33. The summed E-state index contributed by atoms with van der Waals surface area (Å²) in [5.74, 6) is 2.14. The zero-order valence-corrected chi connectivity index (χ0v) is 16.2. The predicted octanol–water partition coefficient (Wildman–Crippen LogP) is 2.36. The molecule has 3 heterocycles. The number of hydrogen-bond donors (Lipinski definition) is 1. The molecular weight excluding hydrogens is 360 g/mol. The zero-order valence-electron chi connectivity index (χ0n) is 16.2. The lowest BCUT2D eigenvalue weighted by atomic mass is 10.1. The molecule has 150 valence electrons. The standard InChI is InChI=1S/C20H24N2O3.CH2O2/c1-14-6-7-19(25-14)16-4-3-5-17(8-16)20(23)22-10-15-9-21(2)18(11-22)13-24-12-15;2-1-3/h3-8,15,18H,9-13H2,1-2H3;1H,(H,2,3)/t15-,18+;/m1./s1. The van der Waals surface area contributed by atoms with Crippen molar-refractivity contribution in [3.05, 3.63) is 47.7 Å². The number of likely N-dealkylation sites (N-methyl/N-ethyl adjacent to an activating group) is 1. The summed E-state index contributed by atoms with van der Waals surface area (Å²) in [6, 6.07) is 11.9. The van der Waals surface area contributed by atoms with Crippen LogP contribution in [0.4, 0.5) is 0 Å². The first-order valence-corrected chi connectivity index (χ1v) is 9.33. The molecule has 2 aromatic rings. The van der Waals surface area contributed by atoms with Gasteiger partial charge in [-0.1, -0.05) is 12.1 Å². The van der Waals surface area contributed by atoms with E-state index in [9.17, 15) is 4.79 Å². The average Bonchev–Trinajstić information content (AvgIpc) is 2.94. The molecule has 0 unspecified atom stereocenters. The van der Waals surface area contributed by atoms with E-state index < -0.39 is 0 Å². The fourth-order valence-corrected chi connectivity index (χ4v) is 3.79. The molecule has 7 nitrogen and oxygen atoms in total. The number of rotatable bonds is 2. The first-order valence-electron chi connectivity index (χ1n) is 9.33. The second-order valence-electron chi connectivity index (χ2n) is 7.30. The predicted molar refractivity (Wildman–Crippen MR) is 104 cm³/mol. The van der Waals surface area contributed by atoms with E-state index in [4.69, 9.17) is 19.1 Å². The van der Waals surface area contributed by atoms with Crippen LogP contribution in [0.15, 0.2) is 40.8 Å². The molecule has 1 aromatic heterocycles. The van der Waals surface area contributed by atoms with Crippen LogP contribution in [0.3, 0.4) is 0 Å². The quantitative estimate of drug-likeness (QED) is 0.798. The van der Waals surface area contributed by atoms with E-state index in [2.05, 4.69) is 11.9 Å². The summed E-state index contributed by atoms with van der Waals surface area (Å²) in [5.41, 5.74) is 1.66. The minimum absolute atomic E-state index is 0.0947. The van der Waals surface area contributed by atoms with Crippen molar-refractivity contribution in [3.63, 3.8) is 0 Å². The van der Waals surface area contributed by atoms with E-state index in [0.29, 0.717) is 12.5 Å². The van der Waals surface area contributed by atoms with Crippen LogP contribution in [0.1, 0.15) is 16.1 Å². The van der Waals surface area contributed by atoms with Crippen molar-refractivity contribution in [3.8, 4) is 11.3 Å². The molecule has 1 aromatic carbocycles. The van der Waals surface area contributed by atoms with Crippen LogP contribution in [-0.2, 0) is 9.53 Å². The molecule has 2 atom stereocenters. The summed E-state index contributed by atoms with van der Waals surface area (Å²) >= 11 is 0. The Labute approximate surface area is 164 Å². The third-order valence-corrected chi connectivity index (χ3v) is 5.16. The van der Waals surface area contributed by atoms with Gasteiger partial charge < -0.3 is 19.2 Å². The Balaban J connectivity index is 0.000000706. The molecule has 4 rings (SSSR count). The van der Waals surface area contributed by atoms with Crippen molar-refractivity contribution in [2.45, 2.75) is 13.0 Å².